The number of hydrogen-bond acceptors (Lipinski definition) is 9. The summed E-state index contributed by atoms with van der Waals surface area (Å²) >= 11 is 19.4. The number of benzene rings is 3. The summed E-state index contributed by atoms with van der Waals surface area (Å²) in [5.41, 5.74) is 9.43. The Balaban J connectivity index is 1.15. The summed E-state index contributed by atoms with van der Waals surface area (Å²) in [6.07, 6.45) is 4.38. The average molecular weight is 776 g/mol. The van der Waals surface area contributed by atoms with E-state index in [0.29, 0.717) is 71.7 Å². The molecule has 0 bridgehead atoms. The molecule has 0 saturated heterocycles. The summed E-state index contributed by atoms with van der Waals surface area (Å²) in [6, 6.07) is 15.3. The van der Waals surface area contributed by atoms with Gasteiger partial charge in [-0.15, -0.1) is 0 Å². The molecule has 52 heavy (non-hydrogen) atoms. The van der Waals surface area contributed by atoms with Gasteiger partial charge in [-0.3, -0.25) is 9.59 Å². The number of nitrogens with one attached hydrogen (secondary N) is 1. The molecule has 3 N–H and O–H groups in total. The van der Waals surface area contributed by atoms with E-state index < -0.39 is 5.54 Å². The van der Waals surface area contributed by atoms with E-state index in [-0.39, 0.29) is 42.7 Å². The fourth-order valence-corrected chi connectivity index (χ4v) is 7.33. The third kappa shape index (κ3) is 10.8. The molecule has 2 saturated carbocycles. The lowest BCUT2D eigenvalue weighted by molar-refractivity contribution is -0.145. The maximum atomic E-state index is 13.9. The quantitative estimate of drug-likeness (QED) is 0.0787. The lowest BCUT2D eigenvalue weighted by Gasteiger charge is -2.23. The number of rotatable bonds is 22. The molecule has 2 aliphatic carbocycles. The van der Waals surface area contributed by atoms with Crippen molar-refractivity contribution in [2.24, 2.45) is 23.5 Å². The van der Waals surface area contributed by atoms with Gasteiger partial charge in [-0.25, -0.2) is 0 Å². The zero-order valence-corrected chi connectivity index (χ0v) is 32.4. The molecule has 0 amide bonds. The topological polar surface area (TPSA) is 118 Å². The molecule has 3 atom stereocenters. The highest BCUT2D eigenvalue weighted by molar-refractivity contribution is 6.37. The van der Waals surface area contributed by atoms with Crippen molar-refractivity contribution in [3.8, 4) is 17.2 Å². The van der Waals surface area contributed by atoms with Gasteiger partial charge < -0.3 is 34.7 Å². The molecule has 3 unspecified atom stereocenters. The van der Waals surface area contributed by atoms with Crippen LogP contribution in [0.1, 0.15) is 54.9 Å². The standard InChI is InChI=1S/C40H49Cl3N2O7/c1-4-49-39(47)32-21-30(32)24-52-35-20-27(6-5-13-48-3)19-29(36(35)43)23-45-40(11-12-40)38(46)28(22-44)18-26-7-9-31(10-8-26)50-14-15-51-37-33(41)16-25(2)17-34(37)42/h7-10,16-17,19-20,28,30,32,45H,4-6,11-15,18,21-24,44H2,1-3H3. The van der Waals surface area contributed by atoms with Crippen LogP contribution in [-0.2, 0) is 38.4 Å². The molecule has 282 valence electrons. The second-order valence-electron chi connectivity index (χ2n) is 13.7. The molecule has 9 nitrogen and oxygen atoms in total. The first-order valence-corrected chi connectivity index (χ1v) is 19.1. The molecular formula is C40H49Cl3N2O7. The van der Waals surface area contributed by atoms with Crippen LogP contribution in [0.2, 0.25) is 15.1 Å². The number of ether oxygens (including phenoxy) is 5. The number of esters is 1. The fraction of sp³-hybridized carbons (Fsp3) is 0.500. The van der Waals surface area contributed by atoms with E-state index in [1.165, 1.54) is 0 Å². The van der Waals surface area contributed by atoms with Crippen LogP contribution < -0.4 is 25.3 Å². The van der Waals surface area contributed by atoms with Gasteiger partial charge in [0, 0.05) is 38.6 Å². The number of Topliss-reactive ketones (excluding diaryl/α,β-unsaturated/α-hetero) is 1. The van der Waals surface area contributed by atoms with Crippen LogP contribution in [0.3, 0.4) is 0 Å². The van der Waals surface area contributed by atoms with Gasteiger partial charge in [0.1, 0.15) is 24.7 Å². The second-order valence-corrected chi connectivity index (χ2v) is 14.9. The van der Waals surface area contributed by atoms with Crippen molar-refractivity contribution in [1.82, 2.24) is 5.32 Å². The highest BCUT2D eigenvalue weighted by Gasteiger charge is 2.51. The summed E-state index contributed by atoms with van der Waals surface area (Å²) in [4.78, 5) is 26.0. The first-order valence-electron chi connectivity index (χ1n) is 18.0. The summed E-state index contributed by atoms with van der Waals surface area (Å²) < 4.78 is 28.2. The molecule has 0 heterocycles. The molecule has 5 rings (SSSR count). The van der Waals surface area contributed by atoms with E-state index in [1.54, 1.807) is 19.2 Å². The van der Waals surface area contributed by atoms with Crippen molar-refractivity contribution < 1.29 is 33.3 Å². The van der Waals surface area contributed by atoms with Crippen molar-refractivity contribution in [3.05, 3.63) is 85.9 Å². The Bertz CT molecular complexity index is 1660. The summed E-state index contributed by atoms with van der Waals surface area (Å²) in [5, 5.41) is 4.97. The van der Waals surface area contributed by atoms with E-state index in [4.69, 9.17) is 64.2 Å². The van der Waals surface area contributed by atoms with Gasteiger partial charge in [-0.2, -0.15) is 0 Å². The van der Waals surface area contributed by atoms with Crippen molar-refractivity contribution in [2.45, 2.75) is 64.5 Å². The summed E-state index contributed by atoms with van der Waals surface area (Å²) in [7, 11) is 1.69. The molecular weight excluding hydrogens is 727 g/mol. The Labute approximate surface area is 321 Å². The molecule has 2 aliphatic rings. The molecule has 0 aliphatic heterocycles. The van der Waals surface area contributed by atoms with Crippen LogP contribution in [0.4, 0.5) is 0 Å². The first kappa shape index (κ1) is 40.1. The zero-order valence-electron chi connectivity index (χ0n) is 30.1. The van der Waals surface area contributed by atoms with E-state index in [0.717, 1.165) is 54.4 Å². The maximum absolute atomic E-state index is 13.9. The highest BCUT2D eigenvalue weighted by Crippen LogP contribution is 2.42. The molecule has 0 spiro atoms. The van der Waals surface area contributed by atoms with E-state index >= 15 is 0 Å². The largest absolute Gasteiger partial charge is 0.492 e. The van der Waals surface area contributed by atoms with Crippen LogP contribution in [0.15, 0.2) is 48.5 Å². The minimum atomic E-state index is -0.645. The molecule has 12 heteroatoms. The number of carbonyl (C=O) groups excluding carboxylic acids is 2. The average Bonchev–Trinajstić information content (AvgIpc) is 4.06. The number of carbonyl (C=O) groups is 2. The molecule has 3 aromatic rings. The van der Waals surface area contributed by atoms with E-state index in [9.17, 15) is 9.59 Å². The maximum Gasteiger partial charge on any atom is 0.309 e. The molecule has 2 fully saturated rings. The first-order chi connectivity index (χ1) is 25.1. The van der Waals surface area contributed by atoms with Crippen LogP contribution in [-0.4, -0.2) is 64.0 Å². The molecule has 3 aromatic carbocycles. The van der Waals surface area contributed by atoms with Gasteiger partial charge in [0.25, 0.3) is 0 Å². The molecule has 0 radical (unpaired) electrons. The van der Waals surface area contributed by atoms with Crippen molar-refractivity contribution in [1.29, 1.82) is 0 Å². The minimum Gasteiger partial charge on any atom is -0.492 e. The van der Waals surface area contributed by atoms with Gasteiger partial charge in [0.05, 0.1) is 39.7 Å². The van der Waals surface area contributed by atoms with Crippen molar-refractivity contribution in [2.75, 3.05) is 46.7 Å². The van der Waals surface area contributed by atoms with E-state index in [2.05, 4.69) is 11.4 Å². The summed E-state index contributed by atoms with van der Waals surface area (Å²) in [5.74, 6) is 1.30. The third-order valence-corrected chi connectivity index (χ3v) is 10.6. The fourth-order valence-electron chi connectivity index (χ4n) is 6.39. The molecule has 0 aromatic heterocycles. The van der Waals surface area contributed by atoms with Crippen LogP contribution in [0, 0.1) is 24.7 Å². The Morgan fingerprint density at radius 1 is 0.962 bits per heavy atom. The monoisotopic (exact) mass is 774 g/mol. The smallest absolute Gasteiger partial charge is 0.309 e. The number of aryl methyl sites for hydroxylation is 2. The van der Waals surface area contributed by atoms with Crippen LogP contribution >= 0.6 is 34.8 Å². The Hall–Kier alpha value is -3.05. The van der Waals surface area contributed by atoms with Gasteiger partial charge in [-0.1, -0.05) is 53.0 Å². The third-order valence-electron chi connectivity index (χ3n) is 9.59. The Morgan fingerprint density at radius 2 is 1.67 bits per heavy atom. The zero-order chi connectivity index (χ0) is 37.3. The van der Waals surface area contributed by atoms with Gasteiger partial charge >= 0.3 is 5.97 Å². The number of hydrogen-bond donors (Lipinski definition) is 2. The Morgan fingerprint density at radius 3 is 2.33 bits per heavy atom. The lowest BCUT2D eigenvalue weighted by atomic mass is 9.90. The number of nitrogens with two attached hydrogens (primary N) is 1. The van der Waals surface area contributed by atoms with Gasteiger partial charge in [0.2, 0.25) is 0 Å². The normalized spacial score (nSPS) is 17.7. The number of ketones is 1. The Kier molecular flexibility index (Phi) is 14.5. The van der Waals surface area contributed by atoms with Crippen molar-refractivity contribution >= 4 is 46.6 Å². The minimum absolute atomic E-state index is 0.113. The number of methoxy groups -OCH3 is 1. The summed E-state index contributed by atoms with van der Waals surface area (Å²) in [6.45, 7) is 6.35. The van der Waals surface area contributed by atoms with Gasteiger partial charge in [-0.05, 0) is 105 Å². The second kappa shape index (κ2) is 18.8. The van der Waals surface area contributed by atoms with E-state index in [1.807, 2.05) is 44.2 Å². The number of halogens is 3. The predicted molar refractivity (Wildman–Crippen MR) is 204 cm³/mol. The van der Waals surface area contributed by atoms with Crippen LogP contribution in [0.25, 0.3) is 0 Å². The van der Waals surface area contributed by atoms with Gasteiger partial charge in [0.15, 0.2) is 11.5 Å². The SMILES string of the molecule is CCOC(=O)C1CC1COc1cc(CCCOC)cc(CNC2(C(=O)C(CN)Cc3ccc(OCCOc4c(Cl)cc(C)cc4Cl)cc3)CC2)c1Cl. The van der Waals surface area contributed by atoms with Crippen molar-refractivity contribution in [3.63, 3.8) is 0 Å². The lowest BCUT2D eigenvalue weighted by Crippen LogP contribution is -2.45. The predicted octanol–water partition coefficient (Wildman–Crippen LogP) is 7.58. The highest BCUT2D eigenvalue weighted by atomic mass is 35.5. The van der Waals surface area contributed by atoms with Crippen LogP contribution in [0.5, 0.6) is 17.2 Å².